The van der Waals surface area contributed by atoms with Crippen molar-refractivity contribution in [3.8, 4) is 0 Å². The quantitative estimate of drug-likeness (QED) is 0.755. The van der Waals surface area contributed by atoms with Gasteiger partial charge >= 0.3 is 0 Å². The first-order chi connectivity index (χ1) is 8.77. The van der Waals surface area contributed by atoms with E-state index in [2.05, 4.69) is 6.58 Å². The van der Waals surface area contributed by atoms with Gasteiger partial charge in [-0.1, -0.05) is 24.8 Å². The Morgan fingerprint density at radius 3 is 2.44 bits per heavy atom. The first-order valence-electron chi connectivity index (χ1n) is 6.50. The minimum absolute atomic E-state index is 0.0106. The monoisotopic (exact) mass is 241 g/mol. The molecule has 3 nitrogen and oxygen atoms in total. The van der Waals surface area contributed by atoms with E-state index < -0.39 is 0 Å². The third kappa shape index (κ3) is 1.15. The standard InChI is InChI=1S/C15H15NO2/c1-9-13-11-7-8-12(18-11)14(13)15(17)16(9)10-5-3-2-4-6-10/h2-6,11-14H,1,7-8H2/t11-,12+,13?,14+/m0/s1. The molecule has 92 valence electrons. The maximum absolute atomic E-state index is 12.6. The van der Waals surface area contributed by atoms with Crippen LogP contribution in [0.3, 0.4) is 0 Å². The van der Waals surface area contributed by atoms with Gasteiger partial charge in [0.1, 0.15) is 0 Å². The summed E-state index contributed by atoms with van der Waals surface area (Å²) in [5, 5.41) is 0. The summed E-state index contributed by atoms with van der Waals surface area (Å²) in [7, 11) is 0. The smallest absolute Gasteiger partial charge is 0.237 e. The fourth-order valence-corrected chi connectivity index (χ4v) is 3.72. The number of amides is 1. The number of anilines is 1. The number of carbonyl (C=O) groups is 1. The highest BCUT2D eigenvalue weighted by Crippen LogP contribution is 2.52. The van der Waals surface area contributed by atoms with Crippen molar-refractivity contribution >= 4 is 11.6 Å². The van der Waals surface area contributed by atoms with Gasteiger partial charge in [0.2, 0.25) is 5.91 Å². The Balaban J connectivity index is 1.76. The Kier molecular flexibility index (Phi) is 1.98. The first-order valence-corrected chi connectivity index (χ1v) is 6.50. The van der Waals surface area contributed by atoms with Gasteiger partial charge in [0, 0.05) is 17.3 Å². The molecule has 1 amide bonds. The molecule has 3 fully saturated rings. The number of para-hydroxylation sites is 1. The highest BCUT2D eigenvalue weighted by Gasteiger charge is 2.59. The molecule has 4 atom stereocenters. The molecule has 3 aliphatic rings. The molecular formula is C15H15NO2. The normalized spacial score (nSPS) is 37.4. The highest BCUT2D eigenvalue weighted by atomic mass is 16.5. The van der Waals surface area contributed by atoms with E-state index in [-0.39, 0.29) is 30.0 Å². The van der Waals surface area contributed by atoms with Gasteiger partial charge in [-0.3, -0.25) is 9.69 Å². The summed E-state index contributed by atoms with van der Waals surface area (Å²) < 4.78 is 5.86. The lowest BCUT2D eigenvalue weighted by atomic mass is 9.80. The molecule has 3 heterocycles. The fraction of sp³-hybridized carbons (Fsp3) is 0.400. The first kappa shape index (κ1) is 10.3. The van der Waals surface area contributed by atoms with Crippen LogP contribution in [0.2, 0.25) is 0 Å². The number of hydrogen-bond acceptors (Lipinski definition) is 2. The molecule has 2 bridgehead atoms. The van der Waals surface area contributed by atoms with Crippen molar-refractivity contribution in [2.24, 2.45) is 11.8 Å². The summed E-state index contributed by atoms with van der Waals surface area (Å²) >= 11 is 0. The summed E-state index contributed by atoms with van der Waals surface area (Å²) in [6, 6.07) is 9.80. The Hall–Kier alpha value is -1.61. The molecule has 1 aromatic carbocycles. The van der Waals surface area contributed by atoms with Crippen LogP contribution in [0, 0.1) is 11.8 Å². The van der Waals surface area contributed by atoms with Crippen molar-refractivity contribution in [3.05, 3.63) is 42.6 Å². The molecular weight excluding hydrogens is 226 g/mol. The van der Waals surface area contributed by atoms with Gasteiger partial charge in [-0.25, -0.2) is 0 Å². The van der Waals surface area contributed by atoms with Gasteiger partial charge in [-0.15, -0.1) is 0 Å². The zero-order valence-electron chi connectivity index (χ0n) is 10.1. The number of fused-ring (bicyclic) bond motifs is 5. The summed E-state index contributed by atoms with van der Waals surface area (Å²) in [6.07, 6.45) is 2.43. The Morgan fingerprint density at radius 1 is 1.11 bits per heavy atom. The van der Waals surface area contributed by atoms with Gasteiger partial charge < -0.3 is 4.74 Å². The molecule has 3 heteroatoms. The average Bonchev–Trinajstić information content (AvgIpc) is 3.05. The zero-order chi connectivity index (χ0) is 12.3. The molecule has 0 N–H and O–H groups in total. The van der Waals surface area contributed by atoms with Crippen molar-refractivity contribution in [2.45, 2.75) is 25.0 Å². The van der Waals surface area contributed by atoms with Gasteiger partial charge in [0.25, 0.3) is 0 Å². The molecule has 0 spiro atoms. The SMILES string of the molecule is C=C1C2[C@@H]3CC[C@@H](O3)[C@H]2C(=O)N1c1ccccc1. The average molecular weight is 241 g/mol. The van der Waals surface area contributed by atoms with E-state index in [1.807, 2.05) is 30.3 Å². The molecule has 0 aliphatic carbocycles. The fourth-order valence-electron chi connectivity index (χ4n) is 3.72. The largest absolute Gasteiger partial charge is 0.373 e. The molecule has 3 saturated heterocycles. The summed E-state index contributed by atoms with van der Waals surface area (Å²) in [5.41, 5.74) is 1.85. The van der Waals surface area contributed by atoms with Crippen LogP contribution in [0.25, 0.3) is 0 Å². The summed E-state index contributed by atoms with van der Waals surface area (Å²) in [5.74, 6) is 0.385. The van der Waals surface area contributed by atoms with E-state index in [1.54, 1.807) is 4.90 Å². The predicted octanol–water partition coefficient (Wildman–Crippen LogP) is 2.34. The molecule has 3 aliphatic heterocycles. The number of ether oxygens (including phenoxy) is 1. The lowest BCUT2D eigenvalue weighted by Crippen LogP contribution is -2.31. The van der Waals surface area contributed by atoms with E-state index in [4.69, 9.17) is 4.74 Å². The van der Waals surface area contributed by atoms with E-state index in [0.717, 1.165) is 24.2 Å². The number of benzene rings is 1. The number of nitrogens with zero attached hydrogens (tertiary/aromatic N) is 1. The van der Waals surface area contributed by atoms with Crippen molar-refractivity contribution in [1.29, 1.82) is 0 Å². The van der Waals surface area contributed by atoms with Crippen molar-refractivity contribution in [2.75, 3.05) is 4.90 Å². The number of carbonyl (C=O) groups excluding carboxylic acids is 1. The van der Waals surface area contributed by atoms with Crippen LogP contribution < -0.4 is 4.90 Å². The third-order valence-corrected chi connectivity index (χ3v) is 4.47. The lowest BCUT2D eigenvalue weighted by Gasteiger charge is -2.21. The second kappa shape index (κ2) is 3.45. The van der Waals surface area contributed by atoms with Crippen molar-refractivity contribution in [3.63, 3.8) is 0 Å². The van der Waals surface area contributed by atoms with Gasteiger partial charge in [-0.2, -0.15) is 0 Å². The van der Waals surface area contributed by atoms with Crippen LogP contribution in [-0.2, 0) is 9.53 Å². The van der Waals surface area contributed by atoms with Gasteiger partial charge in [-0.05, 0) is 25.0 Å². The number of hydrogen-bond donors (Lipinski definition) is 0. The van der Waals surface area contributed by atoms with Crippen LogP contribution >= 0.6 is 0 Å². The minimum atomic E-state index is 0.0106. The second-order valence-electron chi connectivity index (χ2n) is 5.34. The van der Waals surface area contributed by atoms with E-state index in [0.29, 0.717) is 0 Å². The van der Waals surface area contributed by atoms with Crippen LogP contribution in [0.1, 0.15) is 12.8 Å². The Labute approximate surface area is 106 Å². The van der Waals surface area contributed by atoms with E-state index >= 15 is 0 Å². The highest BCUT2D eigenvalue weighted by molar-refractivity contribution is 6.02. The van der Waals surface area contributed by atoms with Crippen LogP contribution in [-0.4, -0.2) is 18.1 Å². The van der Waals surface area contributed by atoms with E-state index in [1.165, 1.54) is 0 Å². The summed E-state index contributed by atoms with van der Waals surface area (Å²) in [4.78, 5) is 14.4. The second-order valence-corrected chi connectivity index (χ2v) is 5.34. The van der Waals surface area contributed by atoms with Crippen LogP contribution in [0.4, 0.5) is 5.69 Å². The minimum Gasteiger partial charge on any atom is -0.373 e. The van der Waals surface area contributed by atoms with Crippen LogP contribution in [0.15, 0.2) is 42.6 Å². The van der Waals surface area contributed by atoms with Gasteiger partial charge in [0.05, 0.1) is 18.1 Å². The molecule has 0 aromatic heterocycles. The third-order valence-electron chi connectivity index (χ3n) is 4.47. The van der Waals surface area contributed by atoms with E-state index in [9.17, 15) is 4.79 Å². The molecule has 4 rings (SSSR count). The van der Waals surface area contributed by atoms with Gasteiger partial charge in [0.15, 0.2) is 0 Å². The maximum atomic E-state index is 12.6. The topological polar surface area (TPSA) is 29.5 Å². The number of rotatable bonds is 1. The van der Waals surface area contributed by atoms with Crippen LogP contribution in [0.5, 0.6) is 0 Å². The molecule has 1 aromatic rings. The predicted molar refractivity (Wildman–Crippen MR) is 67.9 cm³/mol. The molecule has 0 radical (unpaired) electrons. The Morgan fingerprint density at radius 2 is 1.78 bits per heavy atom. The Bertz CT molecular complexity index is 497. The summed E-state index contributed by atoms with van der Waals surface area (Å²) in [6.45, 7) is 4.15. The lowest BCUT2D eigenvalue weighted by molar-refractivity contribution is -0.122. The molecule has 0 saturated carbocycles. The zero-order valence-corrected chi connectivity index (χ0v) is 10.1. The van der Waals surface area contributed by atoms with Crippen molar-refractivity contribution < 1.29 is 9.53 Å². The molecule has 1 unspecified atom stereocenters. The van der Waals surface area contributed by atoms with Crippen molar-refractivity contribution in [1.82, 2.24) is 0 Å². The molecule has 18 heavy (non-hydrogen) atoms. The maximum Gasteiger partial charge on any atom is 0.237 e.